The number of hydrogen-bond acceptors (Lipinski definition) is 1. The number of aryl methyl sites for hydroxylation is 1. The summed E-state index contributed by atoms with van der Waals surface area (Å²) in [5.41, 5.74) is 4.17. The molecule has 2 rings (SSSR count). The Kier molecular flexibility index (Phi) is 5.13. The molecule has 0 aliphatic rings. The van der Waals surface area contributed by atoms with Gasteiger partial charge in [-0.3, -0.25) is 4.79 Å². The lowest BCUT2D eigenvalue weighted by Crippen LogP contribution is -1.98. The first-order chi connectivity index (χ1) is 9.61. The highest BCUT2D eigenvalue weighted by atomic mass is 79.9. The minimum atomic E-state index is 0.126. The maximum Gasteiger partial charge on any atom is 0.160 e. The van der Waals surface area contributed by atoms with Gasteiger partial charge in [0.2, 0.25) is 0 Å². The van der Waals surface area contributed by atoms with Gasteiger partial charge in [0.25, 0.3) is 0 Å². The van der Waals surface area contributed by atoms with Gasteiger partial charge in [0.05, 0.1) is 0 Å². The third-order valence-corrected chi connectivity index (χ3v) is 3.97. The lowest BCUT2D eigenvalue weighted by molar-refractivity contribution is 0.101. The minimum Gasteiger partial charge on any atom is -0.294 e. The van der Waals surface area contributed by atoms with Crippen molar-refractivity contribution >= 4 is 21.7 Å². The van der Waals surface area contributed by atoms with Crippen LogP contribution in [0.5, 0.6) is 0 Å². The van der Waals surface area contributed by atoms with Gasteiger partial charge < -0.3 is 0 Å². The van der Waals surface area contributed by atoms with Crippen LogP contribution < -0.4 is 0 Å². The third-order valence-electron chi connectivity index (χ3n) is 3.44. The summed E-state index contributed by atoms with van der Waals surface area (Å²) in [6.07, 6.45) is 3.37. The second-order valence-corrected chi connectivity index (χ2v) is 5.96. The van der Waals surface area contributed by atoms with Gasteiger partial charge in [0.1, 0.15) is 0 Å². The first-order valence-electron chi connectivity index (χ1n) is 7.01. The van der Waals surface area contributed by atoms with Crippen LogP contribution in [0.2, 0.25) is 0 Å². The van der Waals surface area contributed by atoms with E-state index >= 15 is 0 Å². The Morgan fingerprint density at radius 1 is 1.10 bits per heavy atom. The molecule has 0 aromatic heterocycles. The zero-order valence-corrected chi connectivity index (χ0v) is 13.5. The van der Waals surface area contributed by atoms with Crippen molar-refractivity contribution in [3.63, 3.8) is 0 Å². The molecule has 0 N–H and O–H groups in total. The van der Waals surface area contributed by atoms with E-state index in [1.807, 2.05) is 24.3 Å². The van der Waals surface area contributed by atoms with E-state index in [1.165, 1.54) is 12.0 Å². The molecule has 2 heteroatoms. The van der Waals surface area contributed by atoms with E-state index in [4.69, 9.17) is 0 Å². The van der Waals surface area contributed by atoms with Crippen LogP contribution >= 0.6 is 15.9 Å². The summed E-state index contributed by atoms with van der Waals surface area (Å²) in [6.45, 7) is 3.82. The van der Waals surface area contributed by atoms with E-state index in [2.05, 4.69) is 41.1 Å². The van der Waals surface area contributed by atoms with Crippen LogP contribution in [0.1, 0.15) is 42.6 Å². The summed E-state index contributed by atoms with van der Waals surface area (Å²) in [4.78, 5) is 11.9. The molecule has 0 heterocycles. The average Bonchev–Trinajstić information content (AvgIpc) is 2.45. The van der Waals surface area contributed by atoms with Crippen molar-refractivity contribution < 1.29 is 4.79 Å². The number of hydrogen-bond donors (Lipinski definition) is 0. The second kappa shape index (κ2) is 6.85. The van der Waals surface area contributed by atoms with Gasteiger partial charge >= 0.3 is 0 Å². The van der Waals surface area contributed by atoms with Crippen molar-refractivity contribution in [2.75, 3.05) is 0 Å². The van der Waals surface area contributed by atoms with E-state index in [1.54, 1.807) is 6.92 Å². The molecule has 0 saturated heterocycles. The van der Waals surface area contributed by atoms with Gasteiger partial charge in [0, 0.05) is 10.0 Å². The molecule has 104 valence electrons. The lowest BCUT2D eigenvalue weighted by atomic mass is 9.94. The molecule has 0 unspecified atom stereocenters. The molecule has 0 radical (unpaired) electrons. The monoisotopic (exact) mass is 330 g/mol. The normalized spacial score (nSPS) is 10.6. The Morgan fingerprint density at radius 3 is 2.40 bits per heavy atom. The summed E-state index contributed by atoms with van der Waals surface area (Å²) in [5, 5.41) is 0. The SMILES string of the molecule is CCCCc1ccc(-c2ccc(Br)cc2)c(C(C)=O)c1. The van der Waals surface area contributed by atoms with Crippen molar-refractivity contribution in [2.24, 2.45) is 0 Å². The standard InChI is InChI=1S/C18H19BrO/c1-3-4-5-14-6-11-17(18(12-14)13(2)20)15-7-9-16(19)10-8-15/h6-12H,3-5H2,1-2H3. The van der Waals surface area contributed by atoms with Gasteiger partial charge in [-0.2, -0.15) is 0 Å². The van der Waals surface area contributed by atoms with Crippen LogP contribution in [0.4, 0.5) is 0 Å². The smallest absolute Gasteiger partial charge is 0.160 e. The van der Waals surface area contributed by atoms with E-state index in [0.717, 1.165) is 34.0 Å². The fourth-order valence-corrected chi connectivity index (χ4v) is 2.56. The average molecular weight is 331 g/mol. The number of unbranched alkanes of at least 4 members (excludes halogenated alkanes) is 1. The highest BCUT2D eigenvalue weighted by molar-refractivity contribution is 9.10. The number of halogens is 1. The molecule has 0 amide bonds. The van der Waals surface area contributed by atoms with Gasteiger partial charge in [-0.05, 0) is 54.7 Å². The zero-order chi connectivity index (χ0) is 14.5. The van der Waals surface area contributed by atoms with Crippen LogP contribution in [0.15, 0.2) is 46.9 Å². The molecular formula is C18H19BrO. The molecule has 0 aliphatic heterocycles. The van der Waals surface area contributed by atoms with Crippen molar-refractivity contribution in [1.29, 1.82) is 0 Å². The van der Waals surface area contributed by atoms with Crippen LogP contribution in [0.25, 0.3) is 11.1 Å². The molecule has 0 saturated carbocycles. The van der Waals surface area contributed by atoms with Crippen LogP contribution in [-0.4, -0.2) is 5.78 Å². The Morgan fingerprint density at radius 2 is 1.80 bits per heavy atom. The van der Waals surface area contributed by atoms with Crippen molar-refractivity contribution in [3.05, 3.63) is 58.1 Å². The van der Waals surface area contributed by atoms with Crippen molar-refractivity contribution in [1.82, 2.24) is 0 Å². The summed E-state index contributed by atoms with van der Waals surface area (Å²) < 4.78 is 1.05. The number of ketones is 1. The predicted molar refractivity (Wildman–Crippen MR) is 88.2 cm³/mol. The van der Waals surface area contributed by atoms with Crippen LogP contribution in [0.3, 0.4) is 0 Å². The summed E-state index contributed by atoms with van der Waals surface area (Å²) in [7, 11) is 0. The van der Waals surface area contributed by atoms with Crippen molar-refractivity contribution in [3.8, 4) is 11.1 Å². The topological polar surface area (TPSA) is 17.1 Å². The highest BCUT2D eigenvalue weighted by Gasteiger charge is 2.10. The van der Waals surface area contributed by atoms with Crippen LogP contribution in [-0.2, 0) is 6.42 Å². The molecule has 1 nitrogen and oxygen atoms in total. The fraction of sp³-hybridized carbons (Fsp3) is 0.278. The molecule has 0 atom stereocenters. The molecule has 20 heavy (non-hydrogen) atoms. The number of carbonyl (C=O) groups excluding carboxylic acids is 1. The summed E-state index contributed by atoms with van der Waals surface area (Å²) in [6, 6.07) is 14.4. The summed E-state index contributed by atoms with van der Waals surface area (Å²) in [5.74, 6) is 0.126. The number of rotatable bonds is 5. The fourth-order valence-electron chi connectivity index (χ4n) is 2.30. The number of benzene rings is 2. The van der Waals surface area contributed by atoms with Gasteiger partial charge in [0.15, 0.2) is 5.78 Å². The molecule has 2 aromatic carbocycles. The van der Waals surface area contributed by atoms with Crippen LogP contribution in [0, 0.1) is 0 Å². The molecule has 0 bridgehead atoms. The van der Waals surface area contributed by atoms with Crippen molar-refractivity contribution in [2.45, 2.75) is 33.1 Å². The molecule has 2 aromatic rings. The maximum atomic E-state index is 11.9. The largest absolute Gasteiger partial charge is 0.294 e. The Balaban J connectivity index is 2.42. The zero-order valence-electron chi connectivity index (χ0n) is 11.9. The quantitative estimate of drug-likeness (QED) is 0.646. The number of carbonyl (C=O) groups is 1. The second-order valence-electron chi connectivity index (χ2n) is 5.05. The molecule has 0 fully saturated rings. The first kappa shape index (κ1) is 15.0. The van der Waals surface area contributed by atoms with E-state index in [0.29, 0.717) is 0 Å². The molecule has 0 spiro atoms. The third kappa shape index (κ3) is 3.57. The van der Waals surface area contributed by atoms with E-state index in [-0.39, 0.29) is 5.78 Å². The molecular weight excluding hydrogens is 312 g/mol. The molecule has 0 aliphatic carbocycles. The first-order valence-corrected chi connectivity index (χ1v) is 7.81. The Hall–Kier alpha value is -1.41. The summed E-state index contributed by atoms with van der Waals surface area (Å²) >= 11 is 3.44. The Bertz CT molecular complexity index is 599. The highest BCUT2D eigenvalue weighted by Crippen LogP contribution is 2.27. The number of Topliss-reactive ketones (excluding diaryl/α,β-unsaturated/α-hetero) is 1. The van der Waals surface area contributed by atoms with Gasteiger partial charge in [-0.15, -0.1) is 0 Å². The lowest BCUT2D eigenvalue weighted by Gasteiger charge is -2.10. The van der Waals surface area contributed by atoms with Gasteiger partial charge in [-0.1, -0.05) is 53.5 Å². The van der Waals surface area contributed by atoms with Gasteiger partial charge in [-0.25, -0.2) is 0 Å². The maximum absolute atomic E-state index is 11.9. The Labute approximate surface area is 129 Å². The van der Waals surface area contributed by atoms with E-state index < -0.39 is 0 Å². The van der Waals surface area contributed by atoms with E-state index in [9.17, 15) is 4.79 Å². The minimum absolute atomic E-state index is 0.126. The predicted octanol–water partition coefficient (Wildman–Crippen LogP) is 5.66.